The lowest BCUT2D eigenvalue weighted by molar-refractivity contribution is -0.118. The molecule has 140 valence electrons. The molecule has 0 aliphatic heterocycles. The van der Waals surface area contributed by atoms with Crippen LogP contribution in [-0.2, 0) is 4.79 Å². The van der Waals surface area contributed by atoms with E-state index < -0.39 is 0 Å². The minimum Gasteiger partial charge on any atom is -0.497 e. The molecule has 27 heavy (non-hydrogen) atoms. The smallest absolute Gasteiger partial charge is 0.263 e. The summed E-state index contributed by atoms with van der Waals surface area (Å²) in [6.07, 6.45) is 0. The average Bonchev–Trinajstić information content (AvgIpc) is 3.03. The molecular formula is C21H23N3O3. The van der Waals surface area contributed by atoms with Crippen molar-refractivity contribution < 1.29 is 14.3 Å². The number of nitrogens with zero attached hydrogens (tertiary/aromatic N) is 1. The maximum atomic E-state index is 12.4. The third-order valence-corrected chi connectivity index (χ3v) is 4.50. The summed E-state index contributed by atoms with van der Waals surface area (Å²) in [5.74, 6) is 1.69. The molecule has 0 atom stereocenters. The summed E-state index contributed by atoms with van der Waals surface area (Å²) in [7, 11) is 1.62. The minimum atomic E-state index is -0.267. The summed E-state index contributed by atoms with van der Waals surface area (Å²) in [6, 6.07) is 13.4. The van der Waals surface area contributed by atoms with Gasteiger partial charge in [0.05, 0.1) is 7.11 Å². The monoisotopic (exact) mass is 365 g/mol. The lowest BCUT2D eigenvalue weighted by Crippen LogP contribution is -2.21. The standard InChI is InChI=1S/C21H23N3O3/c1-13-6-5-7-18(14(13)2)27-12-19(25)22-21-20(15(3)23-24-21)16-8-10-17(26-4)11-9-16/h5-11H,12H2,1-4H3,(H2,22,23,24,25). The number of H-pyrrole nitrogens is 1. The Morgan fingerprint density at radius 2 is 1.85 bits per heavy atom. The molecule has 2 N–H and O–H groups in total. The van der Waals surface area contributed by atoms with Gasteiger partial charge in [0.25, 0.3) is 5.91 Å². The molecule has 6 nitrogen and oxygen atoms in total. The number of rotatable bonds is 6. The quantitative estimate of drug-likeness (QED) is 0.691. The molecule has 1 heterocycles. The van der Waals surface area contributed by atoms with Crippen LogP contribution in [-0.4, -0.2) is 29.8 Å². The summed E-state index contributed by atoms with van der Waals surface area (Å²) >= 11 is 0. The third-order valence-electron chi connectivity index (χ3n) is 4.50. The second kappa shape index (κ2) is 7.95. The number of carbonyl (C=O) groups excluding carboxylic acids is 1. The van der Waals surface area contributed by atoms with E-state index in [0.717, 1.165) is 33.7 Å². The molecule has 0 spiro atoms. The summed E-state index contributed by atoms with van der Waals surface area (Å²) in [5, 5.41) is 9.97. The van der Waals surface area contributed by atoms with Gasteiger partial charge in [0.1, 0.15) is 11.5 Å². The Kier molecular flexibility index (Phi) is 5.45. The maximum absolute atomic E-state index is 12.4. The van der Waals surface area contributed by atoms with E-state index in [4.69, 9.17) is 9.47 Å². The Morgan fingerprint density at radius 1 is 1.11 bits per heavy atom. The van der Waals surface area contributed by atoms with Crippen LogP contribution >= 0.6 is 0 Å². The minimum absolute atomic E-state index is 0.0851. The fraction of sp³-hybridized carbons (Fsp3) is 0.238. The van der Waals surface area contributed by atoms with Crippen LogP contribution < -0.4 is 14.8 Å². The highest BCUT2D eigenvalue weighted by molar-refractivity contribution is 5.95. The van der Waals surface area contributed by atoms with E-state index in [-0.39, 0.29) is 12.5 Å². The topological polar surface area (TPSA) is 76.2 Å². The number of nitrogens with one attached hydrogen (secondary N) is 2. The molecular weight excluding hydrogens is 342 g/mol. The molecule has 6 heteroatoms. The largest absolute Gasteiger partial charge is 0.497 e. The predicted octanol–water partition coefficient (Wildman–Crippen LogP) is 4.03. The maximum Gasteiger partial charge on any atom is 0.263 e. The van der Waals surface area contributed by atoms with Gasteiger partial charge in [-0.15, -0.1) is 0 Å². The Morgan fingerprint density at radius 3 is 2.56 bits per heavy atom. The molecule has 3 aromatic rings. The molecule has 0 saturated heterocycles. The SMILES string of the molecule is COc1ccc(-c2c(NC(=O)COc3cccc(C)c3C)n[nH]c2C)cc1. The molecule has 0 fully saturated rings. The Labute approximate surface area is 158 Å². The highest BCUT2D eigenvalue weighted by atomic mass is 16.5. The average molecular weight is 365 g/mol. The molecule has 0 saturated carbocycles. The number of aryl methyl sites for hydroxylation is 2. The number of methoxy groups -OCH3 is 1. The number of hydrogen-bond donors (Lipinski definition) is 2. The zero-order valence-corrected chi connectivity index (χ0v) is 15.9. The van der Waals surface area contributed by atoms with E-state index in [1.165, 1.54) is 0 Å². The number of benzene rings is 2. The second-order valence-corrected chi connectivity index (χ2v) is 6.34. The first kappa shape index (κ1) is 18.5. The van der Waals surface area contributed by atoms with Gasteiger partial charge in [0.15, 0.2) is 12.4 Å². The molecule has 0 bridgehead atoms. The van der Waals surface area contributed by atoms with Gasteiger partial charge < -0.3 is 14.8 Å². The highest BCUT2D eigenvalue weighted by Crippen LogP contribution is 2.30. The van der Waals surface area contributed by atoms with Crippen molar-refractivity contribution in [3.63, 3.8) is 0 Å². The molecule has 1 amide bonds. The van der Waals surface area contributed by atoms with Crippen LogP contribution in [0.3, 0.4) is 0 Å². The molecule has 0 radical (unpaired) electrons. The Hall–Kier alpha value is -3.28. The molecule has 0 aliphatic rings. The zero-order valence-electron chi connectivity index (χ0n) is 15.9. The van der Waals surface area contributed by atoms with Gasteiger partial charge in [-0.25, -0.2) is 0 Å². The lowest BCUT2D eigenvalue weighted by Gasteiger charge is -2.11. The number of hydrogen-bond acceptors (Lipinski definition) is 4. The van der Waals surface area contributed by atoms with Gasteiger partial charge in [0.2, 0.25) is 0 Å². The summed E-state index contributed by atoms with van der Waals surface area (Å²) in [6.45, 7) is 5.81. The van der Waals surface area contributed by atoms with Crippen LogP contribution in [0.4, 0.5) is 5.82 Å². The van der Waals surface area contributed by atoms with Gasteiger partial charge in [-0.2, -0.15) is 5.10 Å². The third kappa shape index (κ3) is 4.11. The number of carbonyl (C=O) groups is 1. The lowest BCUT2D eigenvalue weighted by atomic mass is 10.1. The molecule has 3 rings (SSSR count). The first-order chi connectivity index (χ1) is 13.0. The number of ether oxygens (including phenoxy) is 2. The van der Waals surface area contributed by atoms with Crippen LogP contribution in [0.1, 0.15) is 16.8 Å². The van der Waals surface area contributed by atoms with E-state index in [1.54, 1.807) is 7.11 Å². The van der Waals surface area contributed by atoms with Crippen LogP contribution in [0.5, 0.6) is 11.5 Å². The molecule has 0 unspecified atom stereocenters. The van der Waals surface area contributed by atoms with E-state index >= 15 is 0 Å². The van der Waals surface area contributed by atoms with Crippen molar-refractivity contribution in [1.82, 2.24) is 10.2 Å². The normalized spacial score (nSPS) is 10.5. The second-order valence-electron chi connectivity index (χ2n) is 6.34. The van der Waals surface area contributed by atoms with Gasteiger partial charge in [-0.05, 0) is 55.7 Å². The van der Waals surface area contributed by atoms with Crippen molar-refractivity contribution in [3.8, 4) is 22.6 Å². The van der Waals surface area contributed by atoms with Crippen molar-refractivity contribution in [3.05, 3.63) is 59.3 Å². The van der Waals surface area contributed by atoms with Gasteiger partial charge in [0, 0.05) is 11.3 Å². The number of amides is 1. The van der Waals surface area contributed by atoms with Gasteiger partial charge in [-0.3, -0.25) is 9.89 Å². The fourth-order valence-corrected chi connectivity index (χ4v) is 2.82. The van der Waals surface area contributed by atoms with Gasteiger partial charge in [-0.1, -0.05) is 24.3 Å². The molecule has 1 aromatic heterocycles. The van der Waals surface area contributed by atoms with Crippen molar-refractivity contribution in [2.45, 2.75) is 20.8 Å². The van der Waals surface area contributed by atoms with Crippen molar-refractivity contribution in [2.24, 2.45) is 0 Å². The fourth-order valence-electron chi connectivity index (χ4n) is 2.82. The Bertz CT molecular complexity index is 946. The van der Waals surface area contributed by atoms with Gasteiger partial charge >= 0.3 is 0 Å². The van der Waals surface area contributed by atoms with Crippen LogP contribution in [0.15, 0.2) is 42.5 Å². The van der Waals surface area contributed by atoms with E-state index in [9.17, 15) is 4.79 Å². The van der Waals surface area contributed by atoms with E-state index in [1.807, 2.05) is 63.2 Å². The van der Waals surface area contributed by atoms with E-state index in [0.29, 0.717) is 11.6 Å². The number of anilines is 1. The highest BCUT2D eigenvalue weighted by Gasteiger charge is 2.16. The zero-order chi connectivity index (χ0) is 19.4. The van der Waals surface area contributed by atoms with Crippen molar-refractivity contribution >= 4 is 11.7 Å². The number of aromatic nitrogens is 2. The summed E-state index contributed by atoms with van der Waals surface area (Å²) < 4.78 is 10.9. The first-order valence-electron chi connectivity index (χ1n) is 8.68. The van der Waals surface area contributed by atoms with Crippen LogP contribution in [0.2, 0.25) is 0 Å². The van der Waals surface area contributed by atoms with Crippen molar-refractivity contribution in [1.29, 1.82) is 0 Å². The van der Waals surface area contributed by atoms with Crippen LogP contribution in [0, 0.1) is 20.8 Å². The predicted molar refractivity (Wildman–Crippen MR) is 105 cm³/mol. The summed E-state index contributed by atoms with van der Waals surface area (Å²) in [5.41, 5.74) is 4.80. The van der Waals surface area contributed by atoms with Crippen molar-refractivity contribution in [2.75, 3.05) is 19.0 Å². The summed E-state index contributed by atoms with van der Waals surface area (Å²) in [4.78, 5) is 12.4. The van der Waals surface area contributed by atoms with Crippen LogP contribution in [0.25, 0.3) is 11.1 Å². The Balaban J connectivity index is 1.72. The first-order valence-corrected chi connectivity index (χ1v) is 8.68. The molecule has 0 aliphatic carbocycles. The molecule has 2 aromatic carbocycles. The van der Waals surface area contributed by atoms with E-state index in [2.05, 4.69) is 15.5 Å². The number of aromatic amines is 1.